The van der Waals surface area contributed by atoms with Crippen molar-refractivity contribution in [1.29, 1.82) is 0 Å². The zero-order valence-electron chi connectivity index (χ0n) is 27.6. The van der Waals surface area contributed by atoms with Crippen molar-refractivity contribution < 1.29 is 33.3 Å². The monoisotopic (exact) mass is 611 g/mol. The molecule has 1 saturated heterocycles. The standard InChI is InChI=1S/C34H63N2O7/c1-4-7-9-10-11-12-13-14-15-16-17-18-19-20-22-26-35-33(38)43-30-25-23-27-41-31(30)28-42-34(39)36-29(24-21-8-5-2)32(37)40-6-3/h8,29-31H,4-7,9-28H2,1-3H3,(H,35,38)(H,36,39). The number of nitrogens with one attached hydrogen (secondary N) is 2. The van der Waals surface area contributed by atoms with Gasteiger partial charge in [-0.3, -0.25) is 0 Å². The first-order valence-electron chi connectivity index (χ1n) is 17.5. The Morgan fingerprint density at radius 3 is 2.00 bits per heavy atom. The lowest BCUT2D eigenvalue weighted by molar-refractivity contribution is -0.145. The van der Waals surface area contributed by atoms with Gasteiger partial charge in [-0.05, 0) is 45.4 Å². The highest BCUT2D eigenvalue weighted by Gasteiger charge is 2.31. The summed E-state index contributed by atoms with van der Waals surface area (Å²) >= 11 is 0. The fraction of sp³-hybridized carbons (Fsp3) is 0.882. The molecule has 1 fully saturated rings. The number of rotatable bonds is 26. The summed E-state index contributed by atoms with van der Waals surface area (Å²) in [5.74, 6) is -0.482. The van der Waals surface area contributed by atoms with E-state index in [0.717, 1.165) is 25.7 Å². The second-order valence-corrected chi connectivity index (χ2v) is 11.7. The molecule has 0 bridgehead atoms. The molecule has 0 spiro atoms. The molecule has 1 radical (unpaired) electrons. The van der Waals surface area contributed by atoms with Crippen LogP contribution in [-0.2, 0) is 23.7 Å². The summed E-state index contributed by atoms with van der Waals surface area (Å²) in [6.07, 6.45) is 22.8. The van der Waals surface area contributed by atoms with Crippen molar-refractivity contribution in [3.8, 4) is 0 Å². The van der Waals surface area contributed by atoms with Gasteiger partial charge in [0.05, 0.1) is 6.61 Å². The summed E-state index contributed by atoms with van der Waals surface area (Å²) in [7, 11) is 0. The SMILES string of the molecule is CC[CH]CCC(NC(=O)OCC1OCCCC1OC(=O)NCCCCCCCCCCCCCCCCC)C(=O)OCC. The number of ether oxygens (including phenoxy) is 4. The number of unbranched alkanes of at least 4 members (excludes halogenated alkanes) is 16. The molecule has 3 atom stereocenters. The smallest absolute Gasteiger partial charge is 0.407 e. The minimum atomic E-state index is -0.778. The molecular weight excluding hydrogens is 548 g/mol. The van der Waals surface area contributed by atoms with Crippen molar-refractivity contribution in [1.82, 2.24) is 10.6 Å². The summed E-state index contributed by atoms with van der Waals surface area (Å²) < 4.78 is 21.8. The number of hydrogen-bond acceptors (Lipinski definition) is 7. The van der Waals surface area contributed by atoms with Gasteiger partial charge in [-0.25, -0.2) is 14.4 Å². The molecule has 0 aromatic heterocycles. The Morgan fingerprint density at radius 1 is 0.814 bits per heavy atom. The number of amides is 2. The third-order valence-electron chi connectivity index (χ3n) is 7.88. The van der Waals surface area contributed by atoms with E-state index in [9.17, 15) is 14.4 Å². The highest BCUT2D eigenvalue weighted by atomic mass is 16.6. The van der Waals surface area contributed by atoms with Gasteiger partial charge >= 0.3 is 18.2 Å². The minimum Gasteiger partial charge on any atom is -0.464 e. The van der Waals surface area contributed by atoms with Gasteiger partial charge in [0, 0.05) is 13.2 Å². The first kappa shape index (κ1) is 39.0. The van der Waals surface area contributed by atoms with Crippen LogP contribution in [0, 0.1) is 6.42 Å². The van der Waals surface area contributed by atoms with Crippen LogP contribution in [0.3, 0.4) is 0 Å². The van der Waals surface area contributed by atoms with Gasteiger partial charge in [-0.2, -0.15) is 0 Å². The van der Waals surface area contributed by atoms with Gasteiger partial charge in [-0.15, -0.1) is 0 Å². The molecule has 1 aliphatic rings. The Bertz CT molecular complexity index is 706. The first-order chi connectivity index (χ1) is 21.0. The average Bonchev–Trinajstić information content (AvgIpc) is 3.00. The zero-order chi connectivity index (χ0) is 31.4. The molecule has 9 heteroatoms. The van der Waals surface area contributed by atoms with E-state index in [1.807, 2.05) is 13.3 Å². The van der Waals surface area contributed by atoms with Gasteiger partial charge in [0.15, 0.2) is 0 Å². The maximum absolute atomic E-state index is 12.4. The van der Waals surface area contributed by atoms with E-state index in [0.29, 0.717) is 32.4 Å². The number of alkyl carbamates (subject to hydrolysis) is 2. The quantitative estimate of drug-likeness (QED) is 0.0576. The number of esters is 1. The second kappa shape index (κ2) is 27.5. The zero-order valence-corrected chi connectivity index (χ0v) is 27.6. The van der Waals surface area contributed by atoms with E-state index in [1.54, 1.807) is 6.92 Å². The first-order valence-corrected chi connectivity index (χ1v) is 17.5. The van der Waals surface area contributed by atoms with Gasteiger partial charge in [0.2, 0.25) is 0 Å². The Labute approximate surface area is 262 Å². The van der Waals surface area contributed by atoms with Crippen molar-refractivity contribution in [2.24, 2.45) is 0 Å². The summed E-state index contributed by atoms with van der Waals surface area (Å²) in [5, 5.41) is 5.44. The molecule has 9 nitrogen and oxygen atoms in total. The van der Waals surface area contributed by atoms with Gasteiger partial charge in [0.25, 0.3) is 0 Å². The van der Waals surface area contributed by atoms with Crippen LogP contribution < -0.4 is 10.6 Å². The summed E-state index contributed by atoms with van der Waals surface area (Å²) in [4.78, 5) is 37.0. The van der Waals surface area contributed by atoms with Crippen molar-refractivity contribution in [2.45, 2.75) is 167 Å². The van der Waals surface area contributed by atoms with Gasteiger partial charge in [-0.1, -0.05) is 110 Å². The van der Waals surface area contributed by atoms with Crippen LogP contribution in [0.25, 0.3) is 0 Å². The summed E-state index contributed by atoms with van der Waals surface area (Å²) in [6, 6.07) is -0.778. The topological polar surface area (TPSA) is 112 Å². The highest BCUT2D eigenvalue weighted by molar-refractivity contribution is 5.81. The largest absolute Gasteiger partial charge is 0.464 e. The van der Waals surface area contributed by atoms with E-state index < -0.39 is 36.4 Å². The number of carbonyl (C=O) groups excluding carboxylic acids is 3. The average molecular weight is 612 g/mol. The van der Waals surface area contributed by atoms with Crippen LogP contribution >= 0.6 is 0 Å². The van der Waals surface area contributed by atoms with Crippen molar-refractivity contribution >= 4 is 18.2 Å². The molecule has 0 aliphatic carbocycles. The lowest BCUT2D eigenvalue weighted by atomic mass is 10.0. The van der Waals surface area contributed by atoms with Crippen LogP contribution in [0.5, 0.6) is 0 Å². The number of hydrogen-bond donors (Lipinski definition) is 2. The molecule has 0 aromatic carbocycles. The van der Waals surface area contributed by atoms with E-state index >= 15 is 0 Å². The van der Waals surface area contributed by atoms with E-state index in [-0.39, 0.29) is 13.2 Å². The predicted octanol–water partition coefficient (Wildman–Crippen LogP) is 8.18. The second-order valence-electron chi connectivity index (χ2n) is 11.7. The fourth-order valence-corrected chi connectivity index (χ4v) is 5.29. The third kappa shape index (κ3) is 21.3. The number of carbonyl (C=O) groups is 3. The molecule has 0 aromatic rings. The molecule has 2 amide bonds. The maximum Gasteiger partial charge on any atom is 0.407 e. The maximum atomic E-state index is 12.4. The van der Waals surface area contributed by atoms with Crippen LogP contribution in [0.15, 0.2) is 0 Å². The summed E-state index contributed by atoms with van der Waals surface area (Å²) in [6.45, 7) is 7.27. The minimum absolute atomic E-state index is 0.0700. The van der Waals surface area contributed by atoms with Gasteiger partial charge in [0.1, 0.15) is 24.9 Å². The van der Waals surface area contributed by atoms with E-state index in [4.69, 9.17) is 18.9 Å². The van der Waals surface area contributed by atoms with Crippen LogP contribution in [-0.4, -0.2) is 62.8 Å². The van der Waals surface area contributed by atoms with Crippen molar-refractivity contribution in [3.05, 3.63) is 6.42 Å². The Morgan fingerprint density at radius 2 is 1.42 bits per heavy atom. The molecule has 1 aliphatic heterocycles. The molecule has 3 unspecified atom stereocenters. The van der Waals surface area contributed by atoms with E-state index in [2.05, 4.69) is 17.6 Å². The molecule has 1 rings (SSSR count). The fourth-order valence-electron chi connectivity index (χ4n) is 5.29. The van der Waals surface area contributed by atoms with E-state index in [1.165, 1.54) is 83.5 Å². The molecule has 1 heterocycles. The van der Waals surface area contributed by atoms with Crippen LogP contribution in [0.1, 0.15) is 149 Å². The third-order valence-corrected chi connectivity index (χ3v) is 7.88. The highest BCUT2D eigenvalue weighted by Crippen LogP contribution is 2.18. The molecule has 251 valence electrons. The molecule has 0 saturated carbocycles. The molecular formula is C34H63N2O7. The lowest BCUT2D eigenvalue weighted by Gasteiger charge is -2.31. The van der Waals surface area contributed by atoms with Crippen LogP contribution in [0.2, 0.25) is 0 Å². The Balaban J connectivity index is 2.15. The van der Waals surface area contributed by atoms with Gasteiger partial charge < -0.3 is 29.6 Å². The molecule has 43 heavy (non-hydrogen) atoms. The normalized spacial score (nSPS) is 17.2. The van der Waals surface area contributed by atoms with Crippen molar-refractivity contribution in [2.75, 3.05) is 26.4 Å². The summed E-state index contributed by atoms with van der Waals surface area (Å²) in [5.41, 5.74) is 0. The van der Waals surface area contributed by atoms with Crippen molar-refractivity contribution in [3.63, 3.8) is 0 Å². The lowest BCUT2D eigenvalue weighted by Crippen LogP contribution is -2.46. The van der Waals surface area contributed by atoms with Crippen LogP contribution in [0.4, 0.5) is 9.59 Å². The Hall–Kier alpha value is -2.03. The predicted molar refractivity (Wildman–Crippen MR) is 171 cm³/mol. The molecule has 2 N–H and O–H groups in total. The Kier molecular flexibility index (Phi) is 25.0.